The van der Waals surface area contributed by atoms with Crippen molar-refractivity contribution in [2.75, 3.05) is 6.61 Å². The largest absolute Gasteiger partial charge is 0.460 e. The number of ether oxygens (including phenoxy) is 2. The van der Waals surface area contributed by atoms with E-state index in [9.17, 15) is 9.18 Å². The molecule has 80 valence electrons. The number of esters is 1. The monoisotopic (exact) mass is 210 g/mol. The summed E-state index contributed by atoms with van der Waals surface area (Å²) in [5.41, 5.74) is 0. The molecule has 0 aliphatic heterocycles. The van der Waals surface area contributed by atoms with E-state index in [0.717, 1.165) is 0 Å². The summed E-state index contributed by atoms with van der Waals surface area (Å²) in [4.78, 5) is 11.1. The topological polar surface area (TPSA) is 35.5 Å². The lowest BCUT2D eigenvalue weighted by atomic mass is 10.3. The van der Waals surface area contributed by atoms with Crippen LogP contribution in [-0.4, -0.2) is 12.6 Å². The molecule has 0 amide bonds. The molecule has 15 heavy (non-hydrogen) atoms. The first-order valence-corrected chi connectivity index (χ1v) is 4.43. The van der Waals surface area contributed by atoms with Crippen LogP contribution in [0.4, 0.5) is 4.39 Å². The van der Waals surface area contributed by atoms with Crippen LogP contribution in [-0.2, 0) is 9.53 Å². The van der Waals surface area contributed by atoms with Crippen LogP contribution in [0.3, 0.4) is 0 Å². The SMILES string of the molecule is C=C(Oc1ccc(F)cc1)C(=O)OCC. The minimum Gasteiger partial charge on any atom is -0.460 e. The van der Waals surface area contributed by atoms with Gasteiger partial charge >= 0.3 is 5.97 Å². The zero-order valence-corrected chi connectivity index (χ0v) is 8.33. The van der Waals surface area contributed by atoms with Gasteiger partial charge in [-0.3, -0.25) is 0 Å². The highest BCUT2D eigenvalue weighted by molar-refractivity contribution is 5.85. The van der Waals surface area contributed by atoms with E-state index < -0.39 is 5.97 Å². The molecule has 0 spiro atoms. The summed E-state index contributed by atoms with van der Waals surface area (Å²) >= 11 is 0. The zero-order valence-electron chi connectivity index (χ0n) is 8.33. The first-order valence-electron chi connectivity index (χ1n) is 4.43. The second-order valence-electron chi connectivity index (χ2n) is 2.70. The smallest absolute Gasteiger partial charge is 0.373 e. The van der Waals surface area contributed by atoms with Crippen LogP contribution >= 0.6 is 0 Å². The standard InChI is InChI=1S/C11H11FO3/c1-3-14-11(13)8(2)15-10-6-4-9(12)5-7-10/h4-7H,2-3H2,1H3. The summed E-state index contributed by atoms with van der Waals surface area (Å²) in [6, 6.07) is 5.26. The molecule has 0 aliphatic carbocycles. The van der Waals surface area contributed by atoms with Gasteiger partial charge in [-0.05, 0) is 37.8 Å². The summed E-state index contributed by atoms with van der Waals surface area (Å²) in [7, 11) is 0. The van der Waals surface area contributed by atoms with Crippen molar-refractivity contribution in [1.82, 2.24) is 0 Å². The first kappa shape index (κ1) is 11.2. The number of benzene rings is 1. The summed E-state index contributed by atoms with van der Waals surface area (Å²) in [5.74, 6) is -0.774. The molecule has 1 rings (SSSR count). The summed E-state index contributed by atoms with van der Waals surface area (Å²) < 4.78 is 22.2. The molecular formula is C11H11FO3. The van der Waals surface area contributed by atoms with Crippen molar-refractivity contribution in [3.63, 3.8) is 0 Å². The molecular weight excluding hydrogens is 199 g/mol. The molecule has 0 heterocycles. The fourth-order valence-electron chi connectivity index (χ4n) is 0.898. The highest BCUT2D eigenvalue weighted by Crippen LogP contribution is 2.14. The van der Waals surface area contributed by atoms with Crippen LogP contribution in [0.25, 0.3) is 0 Å². The van der Waals surface area contributed by atoms with Gasteiger partial charge in [0, 0.05) is 0 Å². The number of rotatable bonds is 4. The van der Waals surface area contributed by atoms with Crippen molar-refractivity contribution in [2.45, 2.75) is 6.92 Å². The molecule has 4 heteroatoms. The Morgan fingerprint density at radius 2 is 2.00 bits per heavy atom. The molecule has 1 aromatic rings. The molecule has 0 saturated carbocycles. The maximum absolute atomic E-state index is 12.5. The Hall–Kier alpha value is -1.84. The quantitative estimate of drug-likeness (QED) is 0.434. The van der Waals surface area contributed by atoms with Gasteiger partial charge in [-0.1, -0.05) is 0 Å². The molecule has 1 aromatic carbocycles. The molecule has 0 saturated heterocycles. The lowest BCUT2D eigenvalue weighted by Crippen LogP contribution is -2.11. The van der Waals surface area contributed by atoms with Gasteiger partial charge in [0.25, 0.3) is 0 Å². The van der Waals surface area contributed by atoms with Crippen molar-refractivity contribution in [3.05, 3.63) is 42.4 Å². The second kappa shape index (κ2) is 5.14. The molecule has 0 N–H and O–H groups in total. The number of hydrogen-bond donors (Lipinski definition) is 0. The molecule has 0 bridgehead atoms. The van der Waals surface area contributed by atoms with E-state index in [4.69, 9.17) is 4.74 Å². The summed E-state index contributed by atoms with van der Waals surface area (Å²) in [5, 5.41) is 0. The third-order valence-electron chi connectivity index (χ3n) is 1.56. The van der Waals surface area contributed by atoms with E-state index in [2.05, 4.69) is 11.3 Å². The van der Waals surface area contributed by atoms with E-state index in [-0.39, 0.29) is 18.2 Å². The molecule has 0 aromatic heterocycles. The first-order chi connectivity index (χ1) is 7.13. The number of hydrogen-bond acceptors (Lipinski definition) is 3. The average molecular weight is 210 g/mol. The van der Waals surface area contributed by atoms with Gasteiger partial charge in [0.15, 0.2) is 0 Å². The van der Waals surface area contributed by atoms with Crippen LogP contribution < -0.4 is 4.74 Å². The second-order valence-corrected chi connectivity index (χ2v) is 2.70. The zero-order chi connectivity index (χ0) is 11.3. The van der Waals surface area contributed by atoms with E-state index in [0.29, 0.717) is 5.75 Å². The Labute approximate surface area is 87.1 Å². The lowest BCUT2D eigenvalue weighted by molar-refractivity contribution is -0.140. The van der Waals surface area contributed by atoms with E-state index in [1.807, 2.05) is 0 Å². The fraction of sp³-hybridized carbons (Fsp3) is 0.182. The van der Waals surface area contributed by atoms with Gasteiger partial charge in [0.05, 0.1) is 6.61 Å². The van der Waals surface area contributed by atoms with E-state index >= 15 is 0 Å². The van der Waals surface area contributed by atoms with Gasteiger partial charge in [-0.2, -0.15) is 0 Å². The third-order valence-corrected chi connectivity index (χ3v) is 1.56. The number of carbonyl (C=O) groups is 1. The van der Waals surface area contributed by atoms with Crippen molar-refractivity contribution in [3.8, 4) is 5.75 Å². The third kappa shape index (κ3) is 3.42. The Kier molecular flexibility index (Phi) is 3.85. The van der Waals surface area contributed by atoms with Gasteiger partial charge in [-0.15, -0.1) is 0 Å². The van der Waals surface area contributed by atoms with Crippen LogP contribution in [0.15, 0.2) is 36.6 Å². The van der Waals surface area contributed by atoms with Crippen LogP contribution in [0, 0.1) is 5.82 Å². The lowest BCUT2D eigenvalue weighted by Gasteiger charge is -2.07. The van der Waals surface area contributed by atoms with Crippen molar-refractivity contribution in [2.24, 2.45) is 0 Å². The van der Waals surface area contributed by atoms with Gasteiger partial charge in [0.2, 0.25) is 5.76 Å². The average Bonchev–Trinajstić information content (AvgIpc) is 2.22. The molecule has 0 unspecified atom stereocenters. The minimum atomic E-state index is -0.623. The maximum Gasteiger partial charge on any atom is 0.373 e. The summed E-state index contributed by atoms with van der Waals surface area (Å²) in [6.45, 7) is 5.34. The van der Waals surface area contributed by atoms with Crippen LogP contribution in [0.5, 0.6) is 5.75 Å². The Morgan fingerprint density at radius 1 is 1.40 bits per heavy atom. The van der Waals surface area contributed by atoms with E-state index in [1.54, 1.807) is 6.92 Å². The maximum atomic E-state index is 12.5. The molecule has 3 nitrogen and oxygen atoms in total. The summed E-state index contributed by atoms with van der Waals surface area (Å²) in [6.07, 6.45) is 0. The Morgan fingerprint density at radius 3 is 2.53 bits per heavy atom. The predicted molar refractivity (Wildman–Crippen MR) is 52.8 cm³/mol. The van der Waals surface area contributed by atoms with Crippen molar-refractivity contribution >= 4 is 5.97 Å². The predicted octanol–water partition coefficient (Wildman–Crippen LogP) is 2.28. The minimum absolute atomic E-state index is 0.122. The Balaban J connectivity index is 2.58. The normalized spacial score (nSPS) is 9.47. The number of halogens is 1. The molecule has 0 fully saturated rings. The highest BCUT2D eigenvalue weighted by atomic mass is 19.1. The fourth-order valence-corrected chi connectivity index (χ4v) is 0.898. The van der Waals surface area contributed by atoms with Gasteiger partial charge in [0.1, 0.15) is 11.6 Å². The van der Waals surface area contributed by atoms with Gasteiger partial charge < -0.3 is 9.47 Å². The van der Waals surface area contributed by atoms with Crippen LogP contribution in [0.1, 0.15) is 6.92 Å². The highest BCUT2D eigenvalue weighted by Gasteiger charge is 2.09. The number of carbonyl (C=O) groups excluding carboxylic acids is 1. The molecule has 0 atom stereocenters. The van der Waals surface area contributed by atoms with Crippen molar-refractivity contribution < 1.29 is 18.7 Å². The molecule has 0 aliphatic rings. The van der Waals surface area contributed by atoms with Gasteiger partial charge in [-0.25, -0.2) is 9.18 Å². The molecule has 0 radical (unpaired) electrons. The Bertz CT molecular complexity index is 357. The van der Waals surface area contributed by atoms with Crippen molar-refractivity contribution in [1.29, 1.82) is 0 Å². The van der Waals surface area contributed by atoms with E-state index in [1.165, 1.54) is 24.3 Å². The van der Waals surface area contributed by atoms with Crippen LogP contribution in [0.2, 0.25) is 0 Å².